The second-order valence-electron chi connectivity index (χ2n) is 3.54. The van der Waals surface area contributed by atoms with E-state index >= 15 is 0 Å². The number of ether oxygens (including phenoxy) is 1. The predicted molar refractivity (Wildman–Crippen MR) is 57.6 cm³/mol. The van der Waals surface area contributed by atoms with Crippen molar-refractivity contribution in [2.24, 2.45) is 7.05 Å². The molecule has 0 aliphatic carbocycles. The van der Waals surface area contributed by atoms with E-state index in [4.69, 9.17) is 4.74 Å². The van der Waals surface area contributed by atoms with Gasteiger partial charge in [0, 0.05) is 39.3 Å². The summed E-state index contributed by atoms with van der Waals surface area (Å²) in [5, 5.41) is 4.02. The highest BCUT2D eigenvalue weighted by atomic mass is 16.5. The van der Waals surface area contributed by atoms with E-state index in [1.165, 1.54) is 0 Å². The highest BCUT2D eigenvalue weighted by Crippen LogP contribution is 2.02. The molecule has 0 radical (unpaired) electrons. The van der Waals surface area contributed by atoms with Gasteiger partial charge >= 0.3 is 0 Å². The van der Waals surface area contributed by atoms with Crippen molar-refractivity contribution >= 4 is 5.78 Å². The second kappa shape index (κ2) is 6.35. The fourth-order valence-electron chi connectivity index (χ4n) is 1.39. The average molecular weight is 210 g/mol. The largest absolute Gasteiger partial charge is 0.382 e. The van der Waals surface area contributed by atoms with Gasteiger partial charge in [-0.05, 0) is 18.9 Å². The first-order valence-corrected chi connectivity index (χ1v) is 5.29. The van der Waals surface area contributed by atoms with Gasteiger partial charge < -0.3 is 4.74 Å². The molecule has 0 bridgehead atoms. The molecule has 0 unspecified atom stereocenters. The summed E-state index contributed by atoms with van der Waals surface area (Å²) in [4.78, 5) is 11.5. The number of hydrogen-bond donors (Lipinski definition) is 0. The Hall–Kier alpha value is -1.16. The number of ketones is 1. The number of nitrogens with zero attached hydrogens (tertiary/aromatic N) is 2. The van der Waals surface area contributed by atoms with Gasteiger partial charge in [-0.3, -0.25) is 9.48 Å². The molecule has 4 heteroatoms. The lowest BCUT2D eigenvalue weighted by atomic mass is 10.1. The summed E-state index contributed by atoms with van der Waals surface area (Å²) in [5.41, 5.74) is 0.985. The van der Waals surface area contributed by atoms with Crippen molar-refractivity contribution in [2.75, 3.05) is 13.2 Å². The summed E-state index contributed by atoms with van der Waals surface area (Å²) in [6, 6.07) is 0. The fourth-order valence-corrected chi connectivity index (χ4v) is 1.39. The van der Waals surface area contributed by atoms with Crippen LogP contribution >= 0.6 is 0 Å². The molecule has 1 heterocycles. The summed E-state index contributed by atoms with van der Waals surface area (Å²) in [5.74, 6) is 0.253. The lowest BCUT2D eigenvalue weighted by Gasteiger charge is -2.00. The first-order valence-electron chi connectivity index (χ1n) is 5.29. The standard InChI is InChI=1S/C11H18N2O2/c1-3-15-6-4-5-11(14)7-10-8-12-13(2)9-10/h8-9H,3-7H2,1-2H3. The van der Waals surface area contributed by atoms with Gasteiger partial charge in [0.05, 0.1) is 6.20 Å². The van der Waals surface area contributed by atoms with Gasteiger partial charge in [0.1, 0.15) is 5.78 Å². The fraction of sp³-hybridized carbons (Fsp3) is 0.636. The molecular weight excluding hydrogens is 192 g/mol. The maximum atomic E-state index is 11.5. The van der Waals surface area contributed by atoms with E-state index in [-0.39, 0.29) is 5.78 Å². The Morgan fingerprint density at radius 1 is 1.60 bits per heavy atom. The van der Waals surface area contributed by atoms with E-state index in [1.807, 2.05) is 20.2 Å². The van der Waals surface area contributed by atoms with Crippen LogP contribution < -0.4 is 0 Å². The molecule has 0 N–H and O–H groups in total. The zero-order valence-electron chi connectivity index (χ0n) is 9.40. The molecule has 0 amide bonds. The number of aryl methyl sites for hydroxylation is 1. The molecule has 0 saturated heterocycles. The number of Topliss-reactive ketones (excluding diaryl/α,β-unsaturated/α-hetero) is 1. The van der Waals surface area contributed by atoms with Crippen molar-refractivity contribution in [1.29, 1.82) is 0 Å². The number of hydrogen-bond acceptors (Lipinski definition) is 3. The van der Waals surface area contributed by atoms with Gasteiger partial charge in [-0.25, -0.2) is 0 Å². The molecule has 1 aromatic heterocycles. The van der Waals surface area contributed by atoms with Gasteiger partial charge in [-0.2, -0.15) is 5.10 Å². The highest BCUT2D eigenvalue weighted by molar-refractivity contribution is 5.80. The van der Waals surface area contributed by atoms with Crippen molar-refractivity contribution in [1.82, 2.24) is 9.78 Å². The summed E-state index contributed by atoms with van der Waals surface area (Å²) < 4.78 is 6.88. The van der Waals surface area contributed by atoms with Crippen LogP contribution in [0.4, 0.5) is 0 Å². The maximum Gasteiger partial charge on any atom is 0.137 e. The van der Waals surface area contributed by atoms with Crippen LogP contribution in [0.2, 0.25) is 0 Å². The minimum atomic E-state index is 0.253. The Bertz CT molecular complexity index is 307. The van der Waals surface area contributed by atoms with Crippen molar-refractivity contribution < 1.29 is 9.53 Å². The van der Waals surface area contributed by atoms with Gasteiger partial charge in [0.25, 0.3) is 0 Å². The maximum absolute atomic E-state index is 11.5. The van der Waals surface area contributed by atoms with E-state index in [1.54, 1.807) is 10.9 Å². The van der Waals surface area contributed by atoms with Crippen molar-refractivity contribution in [3.63, 3.8) is 0 Å². The van der Waals surface area contributed by atoms with Crippen LogP contribution in [-0.4, -0.2) is 28.8 Å². The van der Waals surface area contributed by atoms with Gasteiger partial charge in [-0.1, -0.05) is 0 Å². The molecule has 0 atom stereocenters. The van der Waals surface area contributed by atoms with Crippen LogP contribution in [0.3, 0.4) is 0 Å². The number of rotatable bonds is 7. The minimum absolute atomic E-state index is 0.253. The van der Waals surface area contributed by atoms with Crippen LogP contribution in [0.15, 0.2) is 12.4 Å². The molecule has 0 aromatic carbocycles. The van der Waals surface area contributed by atoms with Crippen molar-refractivity contribution in [3.05, 3.63) is 18.0 Å². The van der Waals surface area contributed by atoms with E-state index in [2.05, 4.69) is 5.10 Å². The minimum Gasteiger partial charge on any atom is -0.382 e. The molecule has 1 aromatic rings. The monoisotopic (exact) mass is 210 g/mol. The van der Waals surface area contributed by atoms with Crippen molar-refractivity contribution in [2.45, 2.75) is 26.2 Å². The Morgan fingerprint density at radius 2 is 2.40 bits per heavy atom. The Kier molecular flexibility index (Phi) is 5.04. The number of carbonyl (C=O) groups excluding carboxylic acids is 1. The molecular formula is C11H18N2O2. The predicted octanol–water partition coefficient (Wildman–Crippen LogP) is 1.35. The molecule has 84 valence electrons. The molecule has 0 spiro atoms. The molecule has 0 aliphatic rings. The number of carbonyl (C=O) groups is 1. The first-order chi connectivity index (χ1) is 7.22. The Morgan fingerprint density at radius 3 is 3.00 bits per heavy atom. The Balaban J connectivity index is 2.18. The molecule has 4 nitrogen and oxygen atoms in total. The van der Waals surface area contributed by atoms with Crippen LogP contribution in [0.5, 0.6) is 0 Å². The Labute approximate surface area is 90.2 Å². The zero-order valence-corrected chi connectivity index (χ0v) is 9.40. The smallest absolute Gasteiger partial charge is 0.137 e. The highest BCUT2D eigenvalue weighted by Gasteiger charge is 2.04. The third-order valence-electron chi connectivity index (χ3n) is 2.11. The third kappa shape index (κ3) is 4.74. The summed E-state index contributed by atoms with van der Waals surface area (Å²) >= 11 is 0. The van der Waals surface area contributed by atoms with Crippen LogP contribution in [0.25, 0.3) is 0 Å². The molecule has 0 aliphatic heterocycles. The molecule has 0 fully saturated rings. The van der Waals surface area contributed by atoms with Crippen LogP contribution in [0.1, 0.15) is 25.3 Å². The SMILES string of the molecule is CCOCCCC(=O)Cc1cnn(C)c1. The van der Waals surface area contributed by atoms with Crippen molar-refractivity contribution in [3.8, 4) is 0 Å². The lowest BCUT2D eigenvalue weighted by Crippen LogP contribution is -2.04. The average Bonchev–Trinajstić information content (AvgIpc) is 2.59. The quantitative estimate of drug-likeness (QED) is 0.638. The van der Waals surface area contributed by atoms with Crippen LogP contribution in [-0.2, 0) is 23.0 Å². The molecule has 1 rings (SSSR count). The van der Waals surface area contributed by atoms with E-state index < -0.39 is 0 Å². The summed E-state index contributed by atoms with van der Waals surface area (Å²) in [6.45, 7) is 3.35. The van der Waals surface area contributed by atoms with E-state index in [0.29, 0.717) is 19.4 Å². The van der Waals surface area contributed by atoms with Gasteiger partial charge in [0.2, 0.25) is 0 Å². The number of aromatic nitrogens is 2. The van der Waals surface area contributed by atoms with Crippen LogP contribution in [0, 0.1) is 0 Å². The normalized spacial score (nSPS) is 10.5. The van der Waals surface area contributed by atoms with Gasteiger partial charge in [0.15, 0.2) is 0 Å². The van der Waals surface area contributed by atoms with E-state index in [0.717, 1.165) is 18.6 Å². The third-order valence-corrected chi connectivity index (χ3v) is 2.11. The van der Waals surface area contributed by atoms with Gasteiger partial charge in [-0.15, -0.1) is 0 Å². The summed E-state index contributed by atoms with van der Waals surface area (Å²) in [6.07, 6.45) is 5.50. The molecule has 0 saturated carbocycles. The lowest BCUT2D eigenvalue weighted by molar-refractivity contribution is -0.118. The first kappa shape index (κ1) is 11.9. The van der Waals surface area contributed by atoms with E-state index in [9.17, 15) is 4.79 Å². The molecule has 15 heavy (non-hydrogen) atoms. The topological polar surface area (TPSA) is 44.1 Å². The summed E-state index contributed by atoms with van der Waals surface area (Å²) in [7, 11) is 1.85. The zero-order chi connectivity index (χ0) is 11.1. The second-order valence-corrected chi connectivity index (χ2v) is 3.54.